The van der Waals surface area contributed by atoms with Gasteiger partial charge >= 0.3 is 0 Å². The molecular weight excluding hydrogens is 316 g/mol. The van der Waals surface area contributed by atoms with E-state index < -0.39 is 0 Å². The molecule has 0 radical (unpaired) electrons. The molecule has 1 aromatic carbocycles. The summed E-state index contributed by atoms with van der Waals surface area (Å²) in [6, 6.07) is 10.1. The Balaban J connectivity index is 1.90. The normalized spacial score (nSPS) is 17.3. The van der Waals surface area contributed by atoms with Crippen molar-refractivity contribution in [1.29, 1.82) is 0 Å². The highest BCUT2D eigenvalue weighted by atomic mass is 16.5. The fourth-order valence-corrected chi connectivity index (χ4v) is 3.33. The Morgan fingerprint density at radius 3 is 2.76 bits per heavy atom. The summed E-state index contributed by atoms with van der Waals surface area (Å²) in [4.78, 5) is 17.1. The van der Waals surface area contributed by atoms with E-state index in [1.807, 2.05) is 42.2 Å². The zero-order valence-corrected chi connectivity index (χ0v) is 15.4. The first kappa shape index (κ1) is 17.5. The molecule has 1 aromatic heterocycles. The molecule has 134 valence electrons. The van der Waals surface area contributed by atoms with E-state index in [2.05, 4.69) is 24.1 Å². The van der Waals surface area contributed by atoms with Crippen molar-refractivity contribution in [2.24, 2.45) is 0 Å². The number of amides is 1. The van der Waals surface area contributed by atoms with Crippen molar-refractivity contribution < 1.29 is 9.53 Å². The molecule has 1 atom stereocenters. The van der Waals surface area contributed by atoms with Gasteiger partial charge in [0.25, 0.3) is 5.91 Å². The minimum absolute atomic E-state index is 0.0554. The number of methoxy groups -OCH3 is 1. The van der Waals surface area contributed by atoms with Gasteiger partial charge in [0.1, 0.15) is 11.4 Å². The monoisotopic (exact) mass is 342 g/mol. The highest BCUT2D eigenvalue weighted by molar-refractivity contribution is 5.94. The number of carbonyl (C=O) groups is 1. The summed E-state index contributed by atoms with van der Waals surface area (Å²) >= 11 is 0. The molecule has 3 rings (SSSR count). The lowest BCUT2D eigenvalue weighted by molar-refractivity contribution is 0.0771. The van der Waals surface area contributed by atoms with Gasteiger partial charge in [-0.25, -0.2) is 0 Å². The number of benzene rings is 1. The highest BCUT2D eigenvalue weighted by Crippen LogP contribution is 2.29. The van der Waals surface area contributed by atoms with Crippen molar-refractivity contribution in [1.82, 2.24) is 19.6 Å². The molecule has 1 saturated heterocycles. The molecule has 1 amide bonds. The maximum atomic E-state index is 13.0. The van der Waals surface area contributed by atoms with Gasteiger partial charge in [-0.3, -0.25) is 9.48 Å². The molecule has 0 N–H and O–H groups in total. The zero-order chi connectivity index (χ0) is 18.0. The molecule has 25 heavy (non-hydrogen) atoms. The predicted molar refractivity (Wildman–Crippen MR) is 97.9 cm³/mol. The fraction of sp³-hybridized carbons (Fsp3) is 0.474. The zero-order valence-electron chi connectivity index (χ0n) is 15.4. The Kier molecular flexibility index (Phi) is 5.08. The summed E-state index contributed by atoms with van der Waals surface area (Å²) in [6.45, 7) is 4.22. The number of hydrogen-bond donors (Lipinski definition) is 0. The van der Waals surface area contributed by atoms with E-state index in [4.69, 9.17) is 4.74 Å². The largest absolute Gasteiger partial charge is 0.496 e. The van der Waals surface area contributed by atoms with Crippen molar-refractivity contribution in [3.63, 3.8) is 0 Å². The minimum Gasteiger partial charge on any atom is -0.496 e. The molecule has 1 aliphatic heterocycles. The van der Waals surface area contributed by atoms with Crippen molar-refractivity contribution in [3.8, 4) is 17.0 Å². The number of likely N-dealkylation sites (N-methyl/N-ethyl adjacent to an activating group) is 1. The van der Waals surface area contributed by atoms with Crippen LogP contribution in [0.3, 0.4) is 0 Å². The Bertz CT molecular complexity index is 754. The number of aromatic nitrogens is 2. The van der Waals surface area contributed by atoms with Crippen molar-refractivity contribution in [3.05, 3.63) is 36.0 Å². The maximum Gasteiger partial charge on any atom is 0.272 e. The van der Waals surface area contributed by atoms with Gasteiger partial charge in [-0.1, -0.05) is 12.1 Å². The first-order chi connectivity index (χ1) is 12.0. The van der Waals surface area contributed by atoms with Crippen LogP contribution in [0, 0.1) is 0 Å². The van der Waals surface area contributed by atoms with Crippen LogP contribution in [0.5, 0.6) is 5.75 Å². The van der Waals surface area contributed by atoms with E-state index in [0.29, 0.717) is 18.3 Å². The van der Waals surface area contributed by atoms with Crippen LogP contribution in [-0.2, 0) is 6.54 Å². The third kappa shape index (κ3) is 3.39. The Morgan fingerprint density at radius 1 is 1.36 bits per heavy atom. The summed E-state index contributed by atoms with van der Waals surface area (Å²) in [5.74, 6) is 0.816. The summed E-state index contributed by atoms with van der Waals surface area (Å²) in [5, 5.41) is 4.63. The molecule has 0 saturated carbocycles. The lowest BCUT2D eigenvalue weighted by Crippen LogP contribution is -2.35. The Labute approximate surface area is 149 Å². The van der Waals surface area contributed by atoms with Crippen LogP contribution < -0.4 is 4.74 Å². The molecule has 0 bridgehead atoms. The number of aryl methyl sites for hydroxylation is 1. The van der Waals surface area contributed by atoms with Crippen LogP contribution in [0.2, 0.25) is 0 Å². The second kappa shape index (κ2) is 7.27. The number of rotatable bonds is 5. The average Bonchev–Trinajstić information content (AvgIpc) is 3.28. The van der Waals surface area contributed by atoms with Gasteiger partial charge in [0.15, 0.2) is 0 Å². The first-order valence-corrected chi connectivity index (χ1v) is 8.72. The number of para-hydroxylation sites is 1. The molecule has 0 spiro atoms. The van der Waals surface area contributed by atoms with Crippen molar-refractivity contribution in [2.45, 2.75) is 25.9 Å². The third-order valence-electron chi connectivity index (χ3n) is 4.86. The van der Waals surface area contributed by atoms with E-state index in [-0.39, 0.29) is 5.91 Å². The number of hydrogen-bond acceptors (Lipinski definition) is 4. The molecule has 1 aliphatic rings. The maximum absolute atomic E-state index is 13.0. The SMILES string of the molecule is CCn1nc(-c2ccccc2OC)cc1C(=O)N1CCC(N(C)C)C1. The number of likely N-dealkylation sites (tertiary alicyclic amines) is 1. The summed E-state index contributed by atoms with van der Waals surface area (Å²) in [6.07, 6.45) is 1.01. The van der Waals surface area contributed by atoms with Crippen LogP contribution in [0.25, 0.3) is 11.3 Å². The van der Waals surface area contributed by atoms with E-state index >= 15 is 0 Å². The van der Waals surface area contributed by atoms with Gasteiger partial charge in [-0.15, -0.1) is 0 Å². The van der Waals surface area contributed by atoms with Crippen molar-refractivity contribution in [2.75, 3.05) is 34.3 Å². The summed E-state index contributed by atoms with van der Waals surface area (Å²) in [7, 11) is 5.77. The average molecular weight is 342 g/mol. The molecule has 2 aromatic rings. The van der Waals surface area contributed by atoms with Gasteiger partial charge in [0.2, 0.25) is 0 Å². The van der Waals surface area contributed by atoms with Gasteiger partial charge in [-0.2, -0.15) is 5.10 Å². The van der Waals surface area contributed by atoms with Gasteiger partial charge < -0.3 is 14.5 Å². The predicted octanol–water partition coefficient (Wildman–Crippen LogP) is 2.35. The van der Waals surface area contributed by atoms with E-state index in [9.17, 15) is 4.79 Å². The second-order valence-electron chi connectivity index (χ2n) is 6.59. The number of ether oxygens (including phenoxy) is 1. The molecular formula is C19H26N4O2. The van der Waals surface area contributed by atoms with Crippen LogP contribution >= 0.6 is 0 Å². The quantitative estimate of drug-likeness (QED) is 0.837. The molecule has 6 heteroatoms. The van der Waals surface area contributed by atoms with Gasteiger partial charge in [0, 0.05) is 31.2 Å². The van der Waals surface area contributed by atoms with Crippen molar-refractivity contribution >= 4 is 5.91 Å². The smallest absolute Gasteiger partial charge is 0.272 e. The minimum atomic E-state index is 0.0554. The number of carbonyl (C=O) groups excluding carboxylic acids is 1. The molecule has 2 heterocycles. The third-order valence-corrected chi connectivity index (χ3v) is 4.86. The standard InChI is InChI=1S/C19H26N4O2/c1-5-23-17(19(24)22-11-10-14(13-22)21(2)3)12-16(20-23)15-8-6-7-9-18(15)25-4/h6-9,12,14H,5,10-11,13H2,1-4H3. The number of nitrogens with zero attached hydrogens (tertiary/aromatic N) is 4. The van der Waals surface area contributed by atoms with Crippen LogP contribution in [0.1, 0.15) is 23.8 Å². The molecule has 1 unspecified atom stereocenters. The first-order valence-electron chi connectivity index (χ1n) is 8.72. The van der Waals surface area contributed by atoms with Crippen LogP contribution in [0.4, 0.5) is 0 Å². The lowest BCUT2D eigenvalue weighted by atomic mass is 10.1. The summed E-state index contributed by atoms with van der Waals surface area (Å²) in [5.41, 5.74) is 2.31. The van der Waals surface area contributed by atoms with Crippen LogP contribution in [-0.4, -0.2) is 65.8 Å². The molecule has 6 nitrogen and oxygen atoms in total. The second-order valence-corrected chi connectivity index (χ2v) is 6.59. The van der Waals surface area contributed by atoms with Gasteiger partial charge in [-0.05, 0) is 45.6 Å². The van der Waals surface area contributed by atoms with Crippen LogP contribution in [0.15, 0.2) is 30.3 Å². The van der Waals surface area contributed by atoms with E-state index in [0.717, 1.165) is 36.5 Å². The van der Waals surface area contributed by atoms with E-state index in [1.54, 1.807) is 11.8 Å². The van der Waals surface area contributed by atoms with Gasteiger partial charge in [0.05, 0.1) is 12.8 Å². The Hall–Kier alpha value is -2.34. The fourth-order valence-electron chi connectivity index (χ4n) is 3.33. The highest BCUT2D eigenvalue weighted by Gasteiger charge is 2.30. The van der Waals surface area contributed by atoms with E-state index in [1.165, 1.54) is 0 Å². The molecule has 1 fully saturated rings. The lowest BCUT2D eigenvalue weighted by Gasteiger charge is -2.20. The summed E-state index contributed by atoms with van der Waals surface area (Å²) < 4.78 is 7.22. The Morgan fingerprint density at radius 2 is 2.12 bits per heavy atom. The topological polar surface area (TPSA) is 50.6 Å². The molecule has 0 aliphatic carbocycles.